The van der Waals surface area contributed by atoms with E-state index in [4.69, 9.17) is 4.74 Å². The van der Waals surface area contributed by atoms with Gasteiger partial charge in [-0.3, -0.25) is 4.79 Å². The number of carbonyl (C=O) groups excluding carboxylic acids is 1. The number of para-hydroxylation sites is 1. The number of hydrogen-bond acceptors (Lipinski definition) is 4. The molecule has 0 aliphatic carbocycles. The van der Waals surface area contributed by atoms with Crippen LogP contribution >= 0.6 is 0 Å². The Morgan fingerprint density at radius 3 is 2.80 bits per heavy atom. The van der Waals surface area contributed by atoms with E-state index in [2.05, 4.69) is 15.2 Å². The van der Waals surface area contributed by atoms with Gasteiger partial charge in [0.1, 0.15) is 5.75 Å². The molecule has 0 saturated carbocycles. The smallest absolute Gasteiger partial charge is 0.302 e. The quantitative estimate of drug-likeness (QED) is 0.675. The number of rotatable bonds is 5. The highest BCUT2D eigenvalue weighted by Crippen LogP contribution is 2.36. The highest BCUT2D eigenvalue weighted by Gasteiger charge is 2.12. The van der Waals surface area contributed by atoms with Gasteiger partial charge in [-0.15, -0.1) is 10.2 Å². The van der Waals surface area contributed by atoms with Crippen LogP contribution in [-0.4, -0.2) is 22.6 Å². The van der Waals surface area contributed by atoms with E-state index in [0.717, 1.165) is 28.5 Å². The summed E-state index contributed by atoms with van der Waals surface area (Å²) < 4.78 is 5.45. The summed E-state index contributed by atoms with van der Waals surface area (Å²) >= 11 is 0. The monoisotopic (exact) mass is 337 g/mol. The molecule has 0 atom stereocenters. The molecule has 0 aliphatic rings. The van der Waals surface area contributed by atoms with Crippen molar-refractivity contribution in [3.05, 3.63) is 53.6 Å². The van der Waals surface area contributed by atoms with Crippen molar-refractivity contribution in [1.29, 1.82) is 0 Å². The van der Waals surface area contributed by atoms with Crippen LogP contribution in [0, 0.1) is 6.92 Å². The summed E-state index contributed by atoms with van der Waals surface area (Å²) in [5.74, 6) is -0.00291. The molecule has 0 bridgehead atoms. The molecule has 0 radical (unpaired) electrons. The van der Waals surface area contributed by atoms with Crippen molar-refractivity contribution in [1.82, 2.24) is 4.98 Å². The molecule has 0 fully saturated rings. The topological polar surface area (TPSA) is 87.0 Å². The van der Waals surface area contributed by atoms with E-state index in [1.54, 1.807) is 6.07 Å². The summed E-state index contributed by atoms with van der Waals surface area (Å²) in [6.45, 7) is 3.73. The fourth-order valence-corrected chi connectivity index (χ4v) is 2.52. The minimum absolute atomic E-state index is 0.111. The number of ether oxygens (including phenoxy) is 1. The molecule has 1 amide bonds. The van der Waals surface area contributed by atoms with Gasteiger partial charge in [-0.1, -0.05) is 31.2 Å². The van der Waals surface area contributed by atoms with Crippen molar-refractivity contribution < 1.29 is 14.6 Å². The number of aromatic nitrogens is 1. The molecule has 2 N–H and O–H groups in total. The van der Waals surface area contributed by atoms with Crippen LogP contribution in [0.1, 0.15) is 18.1 Å². The van der Waals surface area contributed by atoms with Gasteiger partial charge in [0.2, 0.25) is 5.88 Å². The fraction of sp³-hybridized carbons (Fsp3) is 0.211. The zero-order chi connectivity index (χ0) is 17.8. The Morgan fingerprint density at radius 2 is 2.04 bits per heavy atom. The minimum atomic E-state index is -0.524. The molecule has 0 aliphatic heterocycles. The van der Waals surface area contributed by atoms with E-state index in [1.807, 2.05) is 50.2 Å². The molecule has 0 unspecified atom stereocenters. The van der Waals surface area contributed by atoms with Crippen LogP contribution in [0.5, 0.6) is 11.6 Å². The number of aromatic amines is 1. The summed E-state index contributed by atoms with van der Waals surface area (Å²) in [5.41, 5.74) is 3.05. The zero-order valence-electron chi connectivity index (χ0n) is 14.1. The van der Waals surface area contributed by atoms with Gasteiger partial charge in [0.25, 0.3) is 0 Å². The van der Waals surface area contributed by atoms with Gasteiger partial charge in [0.05, 0.1) is 5.52 Å². The molecule has 1 aromatic heterocycles. The lowest BCUT2D eigenvalue weighted by Gasteiger charge is -2.05. The molecular weight excluding hydrogens is 318 g/mol. The Kier molecular flexibility index (Phi) is 4.79. The third-order valence-electron chi connectivity index (χ3n) is 3.93. The first-order valence-electron chi connectivity index (χ1n) is 8.05. The van der Waals surface area contributed by atoms with Crippen LogP contribution in [-0.2, 0) is 11.2 Å². The van der Waals surface area contributed by atoms with Crippen molar-refractivity contribution in [2.45, 2.75) is 20.3 Å². The lowest BCUT2D eigenvalue weighted by Crippen LogP contribution is -2.08. The van der Waals surface area contributed by atoms with Gasteiger partial charge in [-0.05, 0) is 42.7 Å². The van der Waals surface area contributed by atoms with Crippen molar-refractivity contribution in [3.8, 4) is 11.6 Å². The molecule has 25 heavy (non-hydrogen) atoms. The Balaban J connectivity index is 1.75. The number of aryl methyl sites for hydroxylation is 2. The Labute approximate surface area is 145 Å². The highest BCUT2D eigenvalue weighted by molar-refractivity contribution is 5.94. The second-order valence-electron chi connectivity index (χ2n) is 5.70. The largest absolute Gasteiger partial charge is 0.493 e. The van der Waals surface area contributed by atoms with E-state index < -0.39 is 5.91 Å². The number of nitrogens with zero attached hydrogens (tertiary/aromatic N) is 2. The lowest BCUT2D eigenvalue weighted by atomic mass is 10.1. The third kappa shape index (κ3) is 3.68. The van der Waals surface area contributed by atoms with E-state index in [1.165, 1.54) is 0 Å². The van der Waals surface area contributed by atoms with Gasteiger partial charge in [0, 0.05) is 5.39 Å². The lowest BCUT2D eigenvalue weighted by molar-refractivity contribution is -0.120. The van der Waals surface area contributed by atoms with Crippen molar-refractivity contribution in [2.75, 3.05) is 6.61 Å². The fourth-order valence-electron chi connectivity index (χ4n) is 2.52. The predicted molar refractivity (Wildman–Crippen MR) is 95.5 cm³/mol. The van der Waals surface area contributed by atoms with Crippen LogP contribution in [0.2, 0.25) is 0 Å². The van der Waals surface area contributed by atoms with E-state index in [0.29, 0.717) is 5.75 Å². The maximum atomic E-state index is 11.9. The predicted octanol–water partition coefficient (Wildman–Crippen LogP) is 4.43. The van der Waals surface area contributed by atoms with E-state index in [-0.39, 0.29) is 18.2 Å². The molecule has 2 aromatic carbocycles. The van der Waals surface area contributed by atoms with Crippen LogP contribution in [0.25, 0.3) is 10.9 Å². The Bertz CT molecular complexity index is 944. The average molecular weight is 337 g/mol. The molecule has 6 heteroatoms. The van der Waals surface area contributed by atoms with Gasteiger partial charge < -0.3 is 14.8 Å². The Morgan fingerprint density at radius 1 is 1.24 bits per heavy atom. The van der Waals surface area contributed by atoms with E-state index >= 15 is 0 Å². The summed E-state index contributed by atoms with van der Waals surface area (Å²) in [6.07, 6.45) is 0.863. The van der Waals surface area contributed by atoms with Crippen LogP contribution in [0.15, 0.2) is 52.7 Å². The van der Waals surface area contributed by atoms with Crippen LogP contribution < -0.4 is 4.74 Å². The maximum absolute atomic E-state index is 11.9. The highest BCUT2D eigenvalue weighted by atomic mass is 16.5. The number of hydrogen-bond donors (Lipinski definition) is 2. The number of azo groups is 1. The van der Waals surface area contributed by atoms with Gasteiger partial charge in [-0.2, -0.15) is 0 Å². The number of H-pyrrole nitrogens is 1. The summed E-state index contributed by atoms with van der Waals surface area (Å²) in [5, 5.41) is 18.3. The number of aromatic hydroxyl groups is 1. The normalized spacial score (nSPS) is 11.3. The van der Waals surface area contributed by atoms with Crippen molar-refractivity contribution in [2.24, 2.45) is 10.2 Å². The van der Waals surface area contributed by atoms with Gasteiger partial charge in [0.15, 0.2) is 12.3 Å². The molecule has 0 spiro atoms. The molecule has 0 saturated heterocycles. The Hall–Kier alpha value is -3.15. The number of benzene rings is 2. The average Bonchev–Trinajstić information content (AvgIpc) is 2.93. The number of nitrogens with one attached hydrogen (secondary N) is 1. The first kappa shape index (κ1) is 16.7. The summed E-state index contributed by atoms with van der Waals surface area (Å²) in [6, 6.07) is 13.2. The van der Waals surface area contributed by atoms with Crippen molar-refractivity contribution in [3.63, 3.8) is 0 Å². The van der Waals surface area contributed by atoms with E-state index in [9.17, 15) is 9.90 Å². The number of amides is 1. The standard InChI is InChI=1S/C19H19N3O3/c1-3-13-8-9-15-14(10-13)18(19(24)20-15)22-21-17(23)11-25-16-7-5-4-6-12(16)2/h4-10,20,24H,3,11H2,1-2H3. The first-order valence-corrected chi connectivity index (χ1v) is 8.05. The van der Waals surface area contributed by atoms with Crippen molar-refractivity contribution >= 4 is 22.5 Å². The summed E-state index contributed by atoms with van der Waals surface area (Å²) in [7, 11) is 0. The molecule has 128 valence electrons. The second kappa shape index (κ2) is 7.17. The first-order chi connectivity index (χ1) is 12.1. The maximum Gasteiger partial charge on any atom is 0.302 e. The molecule has 3 aromatic rings. The number of carbonyl (C=O) groups is 1. The SMILES string of the molecule is CCc1ccc2[nH]c(O)c(N=NC(=O)COc3ccccc3C)c2c1. The van der Waals surface area contributed by atoms with Gasteiger partial charge >= 0.3 is 5.91 Å². The molecular formula is C19H19N3O3. The summed E-state index contributed by atoms with van der Waals surface area (Å²) in [4.78, 5) is 14.7. The second-order valence-corrected chi connectivity index (χ2v) is 5.70. The minimum Gasteiger partial charge on any atom is -0.493 e. The third-order valence-corrected chi connectivity index (χ3v) is 3.93. The number of fused-ring (bicyclic) bond motifs is 1. The molecule has 3 rings (SSSR count). The molecule has 6 nitrogen and oxygen atoms in total. The van der Waals surface area contributed by atoms with Gasteiger partial charge in [-0.25, -0.2) is 0 Å². The van der Waals surface area contributed by atoms with Crippen LogP contribution in [0.4, 0.5) is 5.69 Å². The zero-order valence-corrected chi connectivity index (χ0v) is 14.1. The molecule has 1 heterocycles. The van der Waals surface area contributed by atoms with Crippen LogP contribution in [0.3, 0.4) is 0 Å².